The Morgan fingerprint density at radius 2 is 2.00 bits per heavy atom. The Morgan fingerprint density at radius 3 is 2.67 bits per heavy atom. The molecule has 1 heterocycles. The predicted octanol–water partition coefficient (Wildman–Crippen LogP) is 2.43. The Kier molecular flexibility index (Phi) is 3.62. The fourth-order valence-corrected chi connectivity index (χ4v) is 2.02. The number of carbonyl (C=O) groups excluding carboxylic acids is 1. The van der Waals surface area contributed by atoms with Gasteiger partial charge in [-0.15, -0.1) is 0 Å². The zero-order valence-corrected chi connectivity index (χ0v) is 11.1. The van der Waals surface area contributed by atoms with Gasteiger partial charge >= 0.3 is 0 Å². The molecule has 4 N–H and O–H groups in total. The molecule has 0 spiro atoms. The molecule has 0 aliphatic carbocycles. The van der Waals surface area contributed by atoms with Crippen molar-refractivity contribution in [2.24, 2.45) is 0 Å². The minimum atomic E-state index is -0.0697. The highest BCUT2D eigenvalue weighted by molar-refractivity contribution is 9.10. The van der Waals surface area contributed by atoms with Crippen molar-refractivity contribution in [3.05, 3.63) is 52.3 Å². The van der Waals surface area contributed by atoms with Gasteiger partial charge in [0, 0.05) is 45.8 Å². The van der Waals surface area contributed by atoms with Crippen molar-refractivity contribution >= 4 is 33.1 Å². The number of anilines is 2. The van der Waals surface area contributed by atoms with Crippen molar-refractivity contribution in [2.75, 3.05) is 11.5 Å². The molecule has 0 bridgehead atoms. The Labute approximate surface area is 113 Å². The number of pyridine rings is 1. The smallest absolute Gasteiger partial charge is 0.169 e. The van der Waals surface area contributed by atoms with E-state index in [1.54, 1.807) is 36.7 Å². The van der Waals surface area contributed by atoms with Gasteiger partial charge in [-0.3, -0.25) is 9.78 Å². The molecule has 0 saturated carbocycles. The predicted molar refractivity (Wildman–Crippen MR) is 75.2 cm³/mol. The summed E-state index contributed by atoms with van der Waals surface area (Å²) < 4.78 is 0.845. The summed E-state index contributed by atoms with van der Waals surface area (Å²) in [4.78, 5) is 16.1. The molecule has 0 fully saturated rings. The number of aromatic nitrogens is 1. The van der Waals surface area contributed by atoms with Crippen molar-refractivity contribution in [3.8, 4) is 0 Å². The molecule has 4 nitrogen and oxygen atoms in total. The number of ketones is 1. The Morgan fingerprint density at radius 1 is 1.22 bits per heavy atom. The lowest BCUT2D eigenvalue weighted by atomic mass is 10.0. The molecule has 0 saturated heterocycles. The third-order valence-corrected chi connectivity index (χ3v) is 3.10. The van der Waals surface area contributed by atoms with Crippen LogP contribution in [0, 0.1) is 0 Å². The van der Waals surface area contributed by atoms with E-state index in [4.69, 9.17) is 11.5 Å². The molecule has 1 aromatic heterocycles. The third-order valence-electron chi connectivity index (χ3n) is 2.61. The van der Waals surface area contributed by atoms with Crippen molar-refractivity contribution < 1.29 is 4.79 Å². The van der Waals surface area contributed by atoms with Crippen LogP contribution in [0.3, 0.4) is 0 Å². The van der Waals surface area contributed by atoms with Crippen molar-refractivity contribution in [3.63, 3.8) is 0 Å². The number of hydrogen-bond donors (Lipinski definition) is 2. The van der Waals surface area contributed by atoms with E-state index in [0.717, 1.165) is 4.47 Å². The lowest BCUT2D eigenvalue weighted by molar-refractivity contribution is 0.0994. The van der Waals surface area contributed by atoms with Crippen LogP contribution in [0.4, 0.5) is 11.4 Å². The molecule has 5 heteroatoms. The summed E-state index contributed by atoms with van der Waals surface area (Å²) in [7, 11) is 0. The fourth-order valence-electron chi connectivity index (χ4n) is 1.64. The summed E-state index contributed by atoms with van der Waals surface area (Å²) in [6.07, 6.45) is 3.39. The van der Waals surface area contributed by atoms with E-state index in [9.17, 15) is 4.79 Å². The highest BCUT2D eigenvalue weighted by atomic mass is 79.9. The quantitative estimate of drug-likeness (QED) is 0.674. The van der Waals surface area contributed by atoms with E-state index in [0.29, 0.717) is 22.5 Å². The van der Waals surface area contributed by atoms with Gasteiger partial charge in [-0.25, -0.2) is 0 Å². The second-order valence-electron chi connectivity index (χ2n) is 3.91. The van der Waals surface area contributed by atoms with Crippen LogP contribution in [0.25, 0.3) is 0 Å². The van der Waals surface area contributed by atoms with Gasteiger partial charge in [-0.05, 0) is 24.3 Å². The van der Waals surface area contributed by atoms with Gasteiger partial charge < -0.3 is 11.5 Å². The highest BCUT2D eigenvalue weighted by Crippen LogP contribution is 2.21. The fraction of sp³-hybridized carbons (Fsp3) is 0.0769. The summed E-state index contributed by atoms with van der Waals surface area (Å²) in [6, 6.07) is 6.87. The van der Waals surface area contributed by atoms with Crippen LogP contribution in [0.2, 0.25) is 0 Å². The van der Waals surface area contributed by atoms with Crippen LogP contribution < -0.4 is 11.5 Å². The lowest BCUT2D eigenvalue weighted by Gasteiger charge is -2.07. The van der Waals surface area contributed by atoms with Crippen molar-refractivity contribution in [1.82, 2.24) is 4.98 Å². The van der Waals surface area contributed by atoms with Crippen LogP contribution in [-0.2, 0) is 6.42 Å². The molecular formula is C13H12BrN3O. The van der Waals surface area contributed by atoms with Crippen LogP contribution in [0.15, 0.2) is 41.1 Å². The first-order chi connectivity index (χ1) is 8.58. The zero-order chi connectivity index (χ0) is 13.1. The van der Waals surface area contributed by atoms with E-state index < -0.39 is 0 Å². The van der Waals surface area contributed by atoms with Crippen LogP contribution in [0.1, 0.15) is 15.9 Å². The molecule has 0 aliphatic rings. The van der Waals surface area contributed by atoms with E-state index in [2.05, 4.69) is 20.9 Å². The second-order valence-corrected chi connectivity index (χ2v) is 4.82. The average molecular weight is 306 g/mol. The normalized spacial score (nSPS) is 10.3. The first-order valence-corrected chi connectivity index (χ1v) is 6.14. The summed E-state index contributed by atoms with van der Waals surface area (Å²) >= 11 is 3.30. The van der Waals surface area contributed by atoms with E-state index >= 15 is 0 Å². The molecule has 1 aromatic carbocycles. The number of Topliss-reactive ketones (excluding diaryl/α,β-unsaturated/α-hetero) is 1. The maximum Gasteiger partial charge on any atom is 0.169 e. The standard InChI is InChI=1S/C13H12BrN3O/c14-9-1-2-10(12(16)6-9)13(18)5-8-7-17-4-3-11(8)15/h1-4,6-7H,5,16H2,(H2,15,17). The van der Waals surface area contributed by atoms with E-state index in [1.807, 2.05) is 0 Å². The number of nitrogen functional groups attached to an aromatic ring is 2. The van der Waals surface area contributed by atoms with Gasteiger partial charge in [-0.1, -0.05) is 15.9 Å². The molecule has 0 unspecified atom stereocenters. The van der Waals surface area contributed by atoms with Gasteiger partial charge in [0.1, 0.15) is 0 Å². The van der Waals surface area contributed by atoms with Crippen molar-refractivity contribution in [2.45, 2.75) is 6.42 Å². The summed E-state index contributed by atoms with van der Waals surface area (Å²) in [5, 5.41) is 0. The monoisotopic (exact) mass is 305 g/mol. The Balaban J connectivity index is 2.25. The number of halogens is 1. The van der Waals surface area contributed by atoms with Gasteiger partial charge in [-0.2, -0.15) is 0 Å². The summed E-state index contributed by atoms with van der Waals surface area (Å²) in [6.45, 7) is 0. The maximum absolute atomic E-state index is 12.1. The van der Waals surface area contributed by atoms with E-state index in [1.165, 1.54) is 0 Å². The minimum Gasteiger partial charge on any atom is -0.398 e. The highest BCUT2D eigenvalue weighted by Gasteiger charge is 2.12. The first kappa shape index (κ1) is 12.6. The van der Waals surface area contributed by atoms with E-state index in [-0.39, 0.29) is 12.2 Å². The van der Waals surface area contributed by atoms with Gasteiger partial charge in [0.25, 0.3) is 0 Å². The molecule has 2 rings (SSSR count). The number of benzene rings is 1. The number of rotatable bonds is 3. The number of nitrogens with two attached hydrogens (primary N) is 2. The summed E-state index contributed by atoms with van der Waals surface area (Å²) in [5.74, 6) is -0.0697. The van der Waals surface area contributed by atoms with Crippen LogP contribution >= 0.6 is 15.9 Å². The first-order valence-electron chi connectivity index (χ1n) is 5.34. The number of hydrogen-bond acceptors (Lipinski definition) is 4. The SMILES string of the molecule is Nc1ccncc1CC(=O)c1ccc(Br)cc1N. The van der Waals surface area contributed by atoms with Crippen LogP contribution in [-0.4, -0.2) is 10.8 Å². The molecule has 0 atom stereocenters. The number of carbonyl (C=O) groups is 1. The van der Waals surface area contributed by atoms with Crippen molar-refractivity contribution in [1.29, 1.82) is 0 Å². The Bertz CT molecular complexity index is 599. The molecule has 92 valence electrons. The topological polar surface area (TPSA) is 82.0 Å². The van der Waals surface area contributed by atoms with Gasteiger partial charge in [0.15, 0.2) is 5.78 Å². The molecule has 18 heavy (non-hydrogen) atoms. The molecular weight excluding hydrogens is 294 g/mol. The minimum absolute atomic E-state index is 0.0697. The zero-order valence-electron chi connectivity index (χ0n) is 9.56. The van der Waals surface area contributed by atoms with Crippen LogP contribution in [0.5, 0.6) is 0 Å². The molecule has 0 amide bonds. The molecule has 0 aliphatic heterocycles. The van der Waals surface area contributed by atoms with Gasteiger partial charge in [0.05, 0.1) is 0 Å². The average Bonchev–Trinajstić information content (AvgIpc) is 2.32. The lowest BCUT2D eigenvalue weighted by Crippen LogP contribution is -2.08. The Hall–Kier alpha value is -1.88. The largest absolute Gasteiger partial charge is 0.398 e. The second kappa shape index (κ2) is 5.18. The molecule has 0 radical (unpaired) electrons. The molecule has 2 aromatic rings. The van der Waals surface area contributed by atoms with Gasteiger partial charge in [0.2, 0.25) is 0 Å². The summed E-state index contributed by atoms with van der Waals surface area (Å²) in [5.41, 5.74) is 13.8. The maximum atomic E-state index is 12.1. The third kappa shape index (κ3) is 2.68. The number of nitrogens with zero attached hydrogens (tertiary/aromatic N) is 1.